The molecule has 12 heavy (non-hydrogen) atoms. The largest absolute Gasteiger partial charge is 0.327 e. The highest BCUT2D eigenvalue weighted by Crippen LogP contribution is 2.39. The topological polar surface area (TPSA) is 26.0 Å². The smallest absolute Gasteiger partial charge is 0.00928 e. The zero-order valence-corrected chi connectivity index (χ0v) is 8.60. The fraction of sp³-hybridized carbons (Fsp3) is 1.00. The highest BCUT2D eigenvalue weighted by molar-refractivity contribution is 4.87. The fourth-order valence-electron chi connectivity index (χ4n) is 2.39. The molecule has 1 atom stereocenters. The van der Waals surface area contributed by atoms with Crippen molar-refractivity contribution in [2.45, 2.75) is 64.8 Å². The number of nitrogens with two attached hydrogens (primary N) is 1. The van der Waals surface area contributed by atoms with E-state index in [0.29, 0.717) is 11.5 Å². The van der Waals surface area contributed by atoms with Crippen LogP contribution < -0.4 is 5.73 Å². The van der Waals surface area contributed by atoms with Crippen molar-refractivity contribution in [1.29, 1.82) is 0 Å². The zero-order chi connectivity index (χ0) is 9.03. The summed E-state index contributed by atoms with van der Waals surface area (Å²) in [4.78, 5) is 0. The maximum atomic E-state index is 6.19. The zero-order valence-electron chi connectivity index (χ0n) is 8.60. The molecule has 0 heterocycles. The number of hydrogen-bond donors (Lipinski definition) is 1. The molecule has 0 aromatic carbocycles. The molecule has 0 amide bonds. The summed E-state index contributed by atoms with van der Waals surface area (Å²) in [6, 6.07) is 0.447. The first kappa shape index (κ1) is 10.0. The molecule has 1 heteroatoms. The van der Waals surface area contributed by atoms with Gasteiger partial charge in [-0.3, -0.25) is 0 Å². The van der Waals surface area contributed by atoms with Crippen LogP contribution in [-0.4, -0.2) is 6.04 Å². The lowest BCUT2D eigenvalue weighted by molar-refractivity contribution is 0.162. The van der Waals surface area contributed by atoms with Crippen LogP contribution in [0.25, 0.3) is 0 Å². The minimum atomic E-state index is 0.447. The van der Waals surface area contributed by atoms with Crippen molar-refractivity contribution >= 4 is 0 Å². The van der Waals surface area contributed by atoms with Gasteiger partial charge >= 0.3 is 0 Å². The third kappa shape index (κ3) is 2.22. The lowest BCUT2D eigenvalue weighted by atomic mass is 9.70. The van der Waals surface area contributed by atoms with Gasteiger partial charge in [0.15, 0.2) is 0 Å². The summed E-state index contributed by atoms with van der Waals surface area (Å²) in [5, 5.41) is 0. The predicted molar refractivity (Wildman–Crippen MR) is 54.1 cm³/mol. The standard InChI is InChI=1S/C11H23N/c1-3-7-10(12)11(2)8-5-4-6-9-11/h10H,3-9,12H2,1-2H3/t10-/m0/s1. The Morgan fingerprint density at radius 3 is 2.33 bits per heavy atom. The van der Waals surface area contributed by atoms with E-state index in [1.807, 2.05) is 0 Å². The average Bonchev–Trinajstić information content (AvgIpc) is 2.06. The maximum Gasteiger partial charge on any atom is 0.00928 e. The molecular weight excluding hydrogens is 146 g/mol. The van der Waals surface area contributed by atoms with Gasteiger partial charge in [0.1, 0.15) is 0 Å². The van der Waals surface area contributed by atoms with E-state index in [9.17, 15) is 0 Å². The first-order valence-electron chi connectivity index (χ1n) is 5.44. The van der Waals surface area contributed by atoms with Gasteiger partial charge in [-0.1, -0.05) is 39.5 Å². The van der Waals surface area contributed by atoms with Gasteiger partial charge < -0.3 is 5.73 Å². The molecule has 0 saturated heterocycles. The molecule has 1 saturated carbocycles. The Kier molecular flexibility index (Phi) is 3.57. The Balaban J connectivity index is 2.44. The van der Waals surface area contributed by atoms with Crippen LogP contribution >= 0.6 is 0 Å². The molecular formula is C11H23N. The van der Waals surface area contributed by atoms with E-state index in [1.165, 1.54) is 44.9 Å². The fourth-order valence-corrected chi connectivity index (χ4v) is 2.39. The van der Waals surface area contributed by atoms with Gasteiger partial charge in [0.05, 0.1) is 0 Å². The quantitative estimate of drug-likeness (QED) is 0.690. The Morgan fingerprint density at radius 1 is 1.25 bits per heavy atom. The summed E-state index contributed by atoms with van der Waals surface area (Å²) in [6.45, 7) is 4.61. The summed E-state index contributed by atoms with van der Waals surface area (Å²) in [7, 11) is 0. The van der Waals surface area contributed by atoms with Gasteiger partial charge in [0, 0.05) is 6.04 Å². The molecule has 72 valence electrons. The van der Waals surface area contributed by atoms with Crippen molar-refractivity contribution in [1.82, 2.24) is 0 Å². The third-order valence-electron chi connectivity index (χ3n) is 3.49. The molecule has 1 rings (SSSR count). The van der Waals surface area contributed by atoms with Gasteiger partial charge in [0.2, 0.25) is 0 Å². The van der Waals surface area contributed by atoms with Crippen LogP contribution in [0.1, 0.15) is 58.8 Å². The minimum absolute atomic E-state index is 0.447. The SMILES string of the molecule is CCC[C@H](N)C1(C)CCCCC1. The van der Waals surface area contributed by atoms with Crippen molar-refractivity contribution in [3.63, 3.8) is 0 Å². The lowest BCUT2D eigenvalue weighted by Crippen LogP contribution is -2.40. The Morgan fingerprint density at radius 2 is 1.83 bits per heavy atom. The molecule has 1 aliphatic carbocycles. The second kappa shape index (κ2) is 4.27. The van der Waals surface area contributed by atoms with Gasteiger partial charge in [0.25, 0.3) is 0 Å². The van der Waals surface area contributed by atoms with E-state index < -0.39 is 0 Å². The molecule has 0 radical (unpaired) electrons. The van der Waals surface area contributed by atoms with E-state index in [1.54, 1.807) is 0 Å². The molecule has 1 fully saturated rings. The molecule has 0 aliphatic heterocycles. The maximum absolute atomic E-state index is 6.19. The van der Waals surface area contributed by atoms with Crippen LogP contribution in [0.15, 0.2) is 0 Å². The monoisotopic (exact) mass is 169 g/mol. The Hall–Kier alpha value is -0.0400. The Bertz CT molecular complexity index is 125. The normalized spacial score (nSPS) is 25.2. The highest BCUT2D eigenvalue weighted by Gasteiger charge is 2.32. The molecule has 0 bridgehead atoms. The van der Waals surface area contributed by atoms with Gasteiger partial charge in [-0.15, -0.1) is 0 Å². The van der Waals surface area contributed by atoms with E-state index >= 15 is 0 Å². The lowest BCUT2D eigenvalue weighted by Gasteiger charge is -2.38. The van der Waals surface area contributed by atoms with Gasteiger partial charge in [-0.25, -0.2) is 0 Å². The van der Waals surface area contributed by atoms with Crippen LogP contribution in [0.5, 0.6) is 0 Å². The molecule has 1 nitrogen and oxygen atoms in total. The van der Waals surface area contributed by atoms with E-state index in [0.717, 1.165) is 0 Å². The highest BCUT2D eigenvalue weighted by atomic mass is 14.7. The number of rotatable bonds is 3. The van der Waals surface area contributed by atoms with Crippen LogP contribution in [-0.2, 0) is 0 Å². The number of hydrogen-bond acceptors (Lipinski definition) is 1. The van der Waals surface area contributed by atoms with Crippen molar-refractivity contribution in [3.8, 4) is 0 Å². The van der Waals surface area contributed by atoms with Gasteiger partial charge in [-0.2, -0.15) is 0 Å². The molecule has 0 unspecified atom stereocenters. The van der Waals surface area contributed by atoms with Crippen molar-refractivity contribution < 1.29 is 0 Å². The van der Waals surface area contributed by atoms with E-state index in [4.69, 9.17) is 5.73 Å². The van der Waals surface area contributed by atoms with Crippen LogP contribution in [0, 0.1) is 5.41 Å². The summed E-state index contributed by atoms with van der Waals surface area (Å²) < 4.78 is 0. The summed E-state index contributed by atoms with van der Waals surface area (Å²) in [6.07, 6.45) is 9.37. The first-order valence-corrected chi connectivity index (χ1v) is 5.44. The molecule has 0 aromatic rings. The van der Waals surface area contributed by atoms with Crippen molar-refractivity contribution in [2.24, 2.45) is 11.1 Å². The van der Waals surface area contributed by atoms with E-state index in [2.05, 4.69) is 13.8 Å². The van der Waals surface area contributed by atoms with E-state index in [-0.39, 0.29) is 0 Å². The summed E-state index contributed by atoms with van der Waals surface area (Å²) >= 11 is 0. The molecule has 0 spiro atoms. The Labute approximate surface area is 76.7 Å². The van der Waals surface area contributed by atoms with Crippen LogP contribution in [0.2, 0.25) is 0 Å². The van der Waals surface area contributed by atoms with Crippen molar-refractivity contribution in [3.05, 3.63) is 0 Å². The van der Waals surface area contributed by atoms with Crippen LogP contribution in [0.4, 0.5) is 0 Å². The molecule has 0 aromatic heterocycles. The minimum Gasteiger partial charge on any atom is -0.327 e. The summed E-state index contributed by atoms with van der Waals surface area (Å²) in [5.74, 6) is 0. The second-order valence-electron chi connectivity index (χ2n) is 4.61. The van der Waals surface area contributed by atoms with Crippen LogP contribution in [0.3, 0.4) is 0 Å². The molecule has 2 N–H and O–H groups in total. The third-order valence-corrected chi connectivity index (χ3v) is 3.49. The van der Waals surface area contributed by atoms with Gasteiger partial charge in [-0.05, 0) is 24.7 Å². The predicted octanol–water partition coefficient (Wildman–Crippen LogP) is 3.08. The average molecular weight is 169 g/mol. The van der Waals surface area contributed by atoms with Crippen molar-refractivity contribution in [2.75, 3.05) is 0 Å². The molecule has 1 aliphatic rings. The second-order valence-corrected chi connectivity index (χ2v) is 4.61. The first-order chi connectivity index (χ1) is 5.69. The summed E-state index contributed by atoms with van der Waals surface area (Å²) in [5.41, 5.74) is 6.66.